The lowest BCUT2D eigenvalue weighted by atomic mass is 10.0. The predicted molar refractivity (Wildman–Crippen MR) is 131 cm³/mol. The summed E-state index contributed by atoms with van der Waals surface area (Å²) in [4.78, 5) is 30.5. The number of aromatic nitrogens is 2. The third-order valence-electron chi connectivity index (χ3n) is 5.31. The minimum atomic E-state index is -0.217. The summed E-state index contributed by atoms with van der Waals surface area (Å²) in [5.41, 5.74) is 2.62. The number of thioether (sulfide) groups is 1. The smallest absolute Gasteiger partial charge is 0.266 e. The van der Waals surface area contributed by atoms with Crippen LogP contribution in [-0.2, 0) is 4.79 Å². The summed E-state index contributed by atoms with van der Waals surface area (Å²) in [7, 11) is 0. The summed E-state index contributed by atoms with van der Waals surface area (Å²) in [6, 6.07) is 26.0. The van der Waals surface area contributed by atoms with Crippen LogP contribution in [0.3, 0.4) is 0 Å². The van der Waals surface area contributed by atoms with Gasteiger partial charge in [-0.2, -0.15) is 5.26 Å². The van der Waals surface area contributed by atoms with Crippen molar-refractivity contribution in [2.45, 2.75) is 18.0 Å². The Bertz CT molecular complexity index is 1380. The molecule has 4 rings (SSSR count). The Morgan fingerprint density at radius 2 is 1.76 bits per heavy atom. The lowest BCUT2D eigenvalue weighted by molar-refractivity contribution is -0.118. The van der Waals surface area contributed by atoms with Crippen LogP contribution in [0.25, 0.3) is 16.6 Å². The third kappa shape index (κ3) is 5.13. The molecule has 1 heterocycles. The van der Waals surface area contributed by atoms with Crippen molar-refractivity contribution in [3.8, 4) is 11.8 Å². The van der Waals surface area contributed by atoms with Crippen LogP contribution in [0.2, 0.25) is 0 Å². The summed E-state index contributed by atoms with van der Waals surface area (Å²) in [5, 5.41) is 13.0. The van der Waals surface area contributed by atoms with Crippen LogP contribution in [0.1, 0.15) is 24.0 Å². The molecule has 0 fully saturated rings. The van der Waals surface area contributed by atoms with Crippen LogP contribution in [0, 0.1) is 11.3 Å². The van der Waals surface area contributed by atoms with Crippen molar-refractivity contribution < 1.29 is 4.79 Å². The molecule has 0 unspecified atom stereocenters. The van der Waals surface area contributed by atoms with Crippen molar-refractivity contribution in [2.75, 3.05) is 12.3 Å². The summed E-state index contributed by atoms with van der Waals surface area (Å²) >= 11 is 1.21. The van der Waals surface area contributed by atoms with E-state index in [-0.39, 0.29) is 23.1 Å². The first-order chi connectivity index (χ1) is 16.1. The zero-order chi connectivity index (χ0) is 23.2. The largest absolute Gasteiger partial charge is 0.355 e. The highest BCUT2D eigenvalue weighted by Gasteiger charge is 2.15. The second kappa shape index (κ2) is 10.2. The zero-order valence-corrected chi connectivity index (χ0v) is 18.9. The fraction of sp³-hybridized carbons (Fsp3) is 0.154. The normalized spacial score (nSPS) is 11.6. The monoisotopic (exact) mass is 454 g/mol. The van der Waals surface area contributed by atoms with E-state index in [1.54, 1.807) is 42.5 Å². The molecule has 0 aliphatic carbocycles. The summed E-state index contributed by atoms with van der Waals surface area (Å²) < 4.78 is 1.49. The van der Waals surface area contributed by atoms with E-state index in [4.69, 9.17) is 5.26 Å². The molecule has 6 nitrogen and oxygen atoms in total. The van der Waals surface area contributed by atoms with Gasteiger partial charge < -0.3 is 5.32 Å². The molecule has 0 spiro atoms. The molecule has 0 saturated carbocycles. The molecule has 1 N–H and O–H groups in total. The number of carbonyl (C=O) groups is 1. The minimum absolute atomic E-state index is 0.128. The molecular formula is C26H22N4O2S. The van der Waals surface area contributed by atoms with Gasteiger partial charge in [-0.3, -0.25) is 14.2 Å². The fourth-order valence-corrected chi connectivity index (χ4v) is 4.31. The van der Waals surface area contributed by atoms with E-state index in [1.807, 2.05) is 36.4 Å². The van der Waals surface area contributed by atoms with E-state index in [0.29, 0.717) is 33.9 Å². The number of nitrogens with zero attached hydrogens (tertiary/aromatic N) is 3. The molecule has 0 aliphatic heterocycles. The first kappa shape index (κ1) is 22.3. The van der Waals surface area contributed by atoms with Crippen LogP contribution in [0.4, 0.5) is 0 Å². The highest BCUT2D eigenvalue weighted by molar-refractivity contribution is 7.99. The number of carbonyl (C=O) groups excluding carboxylic acids is 1. The third-order valence-corrected chi connectivity index (χ3v) is 6.24. The van der Waals surface area contributed by atoms with Gasteiger partial charge in [0.2, 0.25) is 5.91 Å². The van der Waals surface area contributed by atoms with Crippen molar-refractivity contribution in [1.82, 2.24) is 14.9 Å². The molecule has 0 radical (unpaired) electrons. The first-order valence-electron chi connectivity index (χ1n) is 10.5. The van der Waals surface area contributed by atoms with Gasteiger partial charge in [-0.25, -0.2) is 4.98 Å². The van der Waals surface area contributed by atoms with Crippen LogP contribution < -0.4 is 10.9 Å². The van der Waals surface area contributed by atoms with Crippen LogP contribution in [0.15, 0.2) is 88.8 Å². The topological polar surface area (TPSA) is 87.8 Å². The summed E-state index contributed by atoms with van der Waals surface area (Å²) in [6.45, 7) is 2.59. The van der Waals surface area contributed by atoms with Gasteiger partial charge in [0.15, 0.2) is 5.16 Å². The minimum Gasteiger partial charge on any atom is -0.355 e. The van der Waals surface area contributed by atoms with Crippen molar-refractivity contribution in [3.05, 3.63) is 100 Å². The number of hydrogen-bond donors (Lipinski definition) is 1. The van der Waals surface area contributed by atoms with Crippen molar-refractivity contribution >= 4 is 28.6 Å². The Kier molecular flexibility index (Phi) is 6.86. The van der Waals surface area contributed by atoms with Crippen LogP contribution in [0.5, 0.6) is 0 Å². The average molecular weight is 455 g/mol. The molecule has 4 aromatic rings. The second-order valence-corrected chi connectivity index (χ2v) is 8.56. The van der Waals surface area contributed by atoms with E-state index < -0.39 is 0 Å². The molecule has 0 saturated heterocycles. The molecule has 1 aromatic heterocycles. The molecule has 3 aromatic carbocycles. The number of nitriles is 1. The highest BCUT2D eigenvalue weighted by atomic mass is 32.2. The molecule has 0 aliphatic rings. The number of amides is 1. The number of nitrogens with one attached hydrogen (secondary N) is 1. The Morgan fingerprint density at radius 1 is 1.06 bits per heavy atom. The van der Waals surface area contributed by atoms with Gasteiger partial charge in [0.25, 0.3) is 5.56 Å². The van der Waals surface area contributed by atoms with Gasteiger partial charge in [-0.15, -0.1) is 0 Å². The standard InChI is InChI=1S/C26H22N4O2S/c1-18(20-7-3-2-4-8-20)16-28-24(31)17-33-26-29-23-10-6-5-9-22(23)25(32)30(26)21-13-11-19(15-27)12-14-21/h2-14,18H,16-17H2,1H3,(H,28,31)/t18-/m1/s1. The van der Waals surface area contributed by atoms with Crippen molar-refractivity contribution in [2.24, 2.45) is 0 Å². The maximum absolute atomic E-state index is 13.3. The lowest BCUT2D eigenvalue weighted by Crippen LogP contribution is -2.29. The van der Waals surface area contributed by atoms with Crippen LogP contribution in [-0.4, -0.2) is 27.8 Å². The van der Waals surface area contributed by atoms with Gasteiger partial charge >= 0.3 is 0 Å². The van der Waals surface area contributed by atoms with E-state index in [1.165, 1.54) is 16.3 Å². The van der Waals surface area contributed by atoms with Crippen molar-refractivity contribution in [1.29, 1.82) is 5.26 Å². The van der Waals surface area contributed by atoms with Crippen LogP contribution >= 0.6 is 11.8 Å². The van der Waals surface area contributed by atoms with E-state index in [2.05, 4.69) is 23.3 Å². The number of para-hydroxylation sites is 1. The number of benzene rings is 3. The fourth-order valence-electron chi connectivity index (χ4n) is 3.47. The number of hydrogen-bond acceptors (Lipinski definition) is 5. The zero-order valence-electron chi connectivity index (χ0n) is 18.1. The molecular weight excluding hydrogens is 432 g/mol. The lowest BCUT2D eigenvalue weighted by Gasteiger charge is -2.15. The Morgan fingerprint density at radius 3 is 2.48 bits per heavy atom. The Hall–Kier alpha value is -3.89. The quantitative estimate of drug-likeness (QED) is 0.333. The average Bonchev–Trinajstić information content (AvgIpc) is 2.87. The van der Waals surface area contributed by atoms with Gasteiger partial charge in [-0.05, 0) is 47.9 Å². The van der Waals surface area contributed by atoms with E-state index in [0.717, 1.165) is 5.56 Å². The van der Waals surface area contributed by atoms with E-state index >= 15 is 0 Å². The molecule has 0 bridgehead atoms. The maximum Gasteiger partial charge on any atom is 0.266 e. The maximum atomic E-state index is 13.3. The predicted octanol–water partition coefficient (Wildman–Crippen LogP) is 4.27. The second-order valence-electron chi connectivity index (χ2n) is 7.62. The van der Waals surface area contributed by atoms with Gasteiger partial charge in [0, 0.05) is 6.54 Å². The molecule has 164 valence electrons. The Balaban J connectivity index is 1.55. The number of rotatable bonds is 7. The van der Waals surface area contributed by atoms with Gasteiger partial charge in [0.05, 0.1) is 34.0 Å². The molecule has 33 heavy (non-hydrogen) atoms. The van der Waals surface area contributed by atoms with E-state index in [9.17, 15) is 9.59 Å². The highest BCUT2D eigenvalue weighted by Crippen LogP contribution is 2.22. The Labute approximate surface area is 195 Å². The first-order valence-corrected chi connectivity index (χ1v) is 11.5. The van der Waals surface area contributed by atoms with Gasteiger partial charge in [-0.1, -0.05) is 61.2 Å². The summed E-state index contributed by atoms with van der Waals surface area (Å²) in [6.07, 6.45) is 0. The molecule has 1 atom stereocenters. The number of fused-ring (bicyclic) bond motifs is 1. The molecule has 7 heteroatoms. The summed E-state index contributed by atoms with van der Waals surface area (Å²) in [5.74, 6) is 0.190. The SMILES string of the molecule is C[C@H](CNC(=O)CSc1nc2ccccc2c(=O)n1-c1ccc(C#N)cc1)c1ccccc1. The molecule has 1 amide bonds. The van der Waals surface area contributed by atoms with Gasteiger partial charge in [0.1, 0.15) is 0 Å². The van der Waals surface area contributed by atoms with Crippen molar-refractivity contribution in [3.63, 3.8) is 0 Å².